The number of ether oxygens (including phenoxy) is 1. The van der Waals surface area contributed by atoms with Crippen molar-refractivity contribution in [2.24, 2.45) is 0 Å². The van der Waals surface area contributed by atoms with Crippen molar-refractivity contribution in [3.63, 3.8) is 0 Å². The first-order chi connectivity index (χ1) is 14.2. The van der Waals surface area contributed by atoms with Crippen LogP contribution in [0.3, 0.4) is 0 Å². The third-order valence-corrected chi connectivity index (χ3v) is 5.75. The van der Waals surface area contributed by atoms with E-state index in [1.165, 1.54) is 16.7 Å². The van der Waals surface area contributed by atoms with Gasteiger partial charge in [0.05, 0.1) is 22.8 Å². The summed E-state index contributed by atoms with van der Waals surface area (Å²) in [5.74, 6) is 0.899. The summed E-state index contributed by atoms with van der Waals surface area (Å²) in [6.07, 6.45) is 0. The lowest BCUT2D eigenvalue weighted by molar-refractivity contribution is -0.119. The number of benzene rings is 3. The van der Waals surface area contributed by atoms with Crippen molar-refractivity contribution in [1.82, 2.24) is 0 Å². The molecule has 1 heterocycles. The smallest absolute Gasteiger partial charge is 0.272 e. The molecule has 0 bridgehead atoms. The van der Waals surface area contributed by atoms with Crippen molar-refractivity contribution in [3.05, 3.63) is 77.2 Å². The number of fused-ring (bicyclic) bond motifs is 1. The van der Waals surface area contributed by atoms with E-state index in [0.717, 1.165) is 22.1 Å². The maximum absolute atomic E-state index is 13.5. The summed E-state index contributed by atoms with van der Waals surface area (Å²) in [5, 5.41) is 1.87. The highest BCUT2D eigenvalue weighted by atomic mass is 32.2. The lowest BCUT2D eigenvalue weighted by atomic mass is 10.1. The molecule has 29 heavy (non-hydrogen) atoms. The van der Waals surface area contributed by atoms with Crippen LogP contribution >= 0.6 is 11.8 Å². The van der Waals surface area contributed by atoms with Gasteiger partial charge in [0, 0.05) is 5.39 Å². The molecule has 0 fully saturated rings. The molecule has 5 heteroatoms. The summed E-state index contributed by atoms with van der Waals surface area (Å²) < 4.78 is 5.50. The van der Waals surface area contributed by atoms with Gasteiger partial charge in [0.2, 0.25) is 0 Å². The Hall–Kier alpha value is -3.05. The Kier molecular flexibility index (Phi) is 5.41. The molecule has 0 spiro atoms. The molecule has 3 aromatic carbocycles. The second kappa shape index (κ2) is 8.13. The van der Waals surface area contributed by atoms with Gasteiger partial charge < -0.3 is 4.74 Å². The van der Waals surface area contributed by atoms with Crippen LogP contribution in [0.2, 0.25) is 0 Å². The van der Waals surface area contributed by atoms with Crippen molar-refractivity contribution >= 4 is 45.6 Å². The van der Waals surface area contributed by atoms with Gasteiger partial charge in [0.15, 0.2) is 0 Å². The van der Waals surface area contributed by atoms with E-state index < -0.39 is 0 Å². The Morgan fingerprint density at radius 3 is 2.31 bits per heavy atom. The van der Waals surface area contributed by atoms with Crippen molar-refractivity contribution in [2.75, 3.05) is 17.3 Å². The molecule has 1 aliphatic rings. The average Bonchev–Trinajstić information content (AvgIpc) is 2.98. The Labute approximate surface area is 174 Å². The fraction of sp³-hybridized carbons (Fsp3) is 0.167. The number of thioether (sulfide) groups is 1. The second-order valence-corrected chi connectivity index (χ2v) is 7.81. The Morgan fingerprint density at radius 1 is 0.862 bits per heavy atom. The van der Waals surface area contributed by atoms with Gasteiger partial charge in [-0.25, -0.2) is 4.90 Å². The molecular formula is C24H21NO3S. The first-order valence-corrected chi connectivity index (χ1v) is 10.6. The molecular weight excluding hydrogens is 382 g/mol. The number of rotatable bonds is 6. The van der Waals surface area contributed by atoms with Crippen molar-refractivity contribution in [3.8, 4) is 5.75 Å². The normalized spacial score (nSPS) is 14.2. The number of carbonyl (C=O) groups is 2. The largest absolute Gasteiger partial charge is 0.494 e. The van der Waals surface area contributed by atoms with E-state index in [1.54, 1.807) is 0 Å². The lowest BCUT2D eigenvalue weighted by Gasteiger charge is -2.17. The van der Waals surface area contributed by atoms with Crippen LogP contribution in [0.1, 0.15) is 19.4 Å². The van der Waals surface area contributed by atoms with Crippen LogP contribution in [-0.2, 0) is 9.59 Å². The fourth-order valence-corrected chi connectivity index (χ4v) is 4.40. The topological polar surface area (TPSA) is 46.6 Å². The number of amides is 2. The fourth-order valence-electron chi connectivity index (χ4n) is 3.55. The minimum Gasteiger partial charge on any atom is -0.494 e. The molecule has 0 radical (unpaired) electrons. The number of anilines is 1. The number of hydrogen-bond donors (Lipinski definition) is 0. The molecule has 0 saturated carbocycles. The van der Waals surface area contributed by atoms with Crippen LogP contribution in [0, 0.1) is 0 Å². The predicted octanol–water partition coefficient (Wildman–Crippen LogP) is 5.28. The number of nitrogens with zero attached hydrogens (tertiary/aromatic N) is 1. The standard InChI is InChI=1S/C24H21NO3S/c1-3-28-18-14-12-17(13-15-18)21-22(29-4-2)24(27)25(23(21)26)20-11-7-9-16-8-5-6-10-19(16)20/h5-15H,3-4H2,1-2H3. The quantitative estimate of drug-likeness (QED) is 0.526. The van der Waals surface area contributed by atoms with Gasteiger partial charge in [-0.3, -0.25) is 9.59 Å². The molecule has 4 rings (SSSR count). The van der Waals surface area contributed by atoms with Gasteiger partial charge in [0.25, 0.3) is 11.8 Å². The van der Waals surface area contributed by atoms with Gasteiger partial charge in [-0.15, -0.1) is 11.8 Å². The van der Waals surface area contributed by atoms with Crippen molar-refractivity contribution in [2.45, 2.75) is 13.8 Å². The number of carbonyl (C=O) groups excluding carboxylic acids is 2. The SMILES string of the molecule is CCOc1ccc(C2=C(SCC)C(=O)N(c3cccc4ccccc34)C2=O)cc1. The van der Waals surface area contributed by atoms with Gasteiger partial charge in [0.1, 0.15) is 5.75 Å². The highest BCUT2D eigenvalue weighted by molar-refractivity contribution is 8.04. The molecule has 3 aromatic rings. The van der Waals surface area contributed by atoms with Gasteiger partial charge in [-0.05, 0) is 41.8 Å². The van der Waals surface area contributed by atoms with Crippen LogP contribution in [-0.4, -0.2) is 24.2 Å². The molecule has 146 valence electrons. The van der Waals surface area contributed by atoms with Crippen molar-refractivity contribution in [1.29, 1.82) is 0 Å². The molecule has 4 nitrogen and oxygen atoms in total. The first-order valence-electron chi connectivity index (χ1n) is 9.62. The number of hydrogen-bond acceptors (Lipinski definition) is 4. The van der Waals surface area contributed by atoms with Gasteiger partial charge >= 0.3 is 0 Å². The Bertz CT molecular complexity index is 1110. The summed E-state index contributed by atoms with van der Waals surface area (Å²) in [4.78, 5) is 28.6. The molecule has 0 aromatic heterocycles. The van der Waals surface area contributed by atoms with Crippen LogP contribution in [0.4, 0.5) is 5.69 Å². The minimum absolute atomic E-state index is 0.262. The molecule has 1 aliphatic heterocycles. The highest BCUT2D eigenvalue weighted by Crippen LogP contribution is 2.40. The molecule has 0 N–H and O–H groups in total. The van der Waals surface area contributed by atoms with Crippen LogP contribution in [0.5, 0.6) is 5.75 Å². The van der Waals surface area contributed by atoms with Gasteiger partial charge in [-0.2, -0.15) is 0 Å². The summed E-state index contributed by atoms with van der Waals surface area (Å²) in [5.41, 5.74) is 1.80. The van der Waals surface area contributed by atoms with E-state index in [0.29, 0.717) is 28.5 Å². The van der Waals surface area contributed by atoms with E-state index in [1.807, 2.05) is 80.6 Å². The second-order valence-electron chi connectivity index (χ2n) is 6.54. The zero-order valence-corrected chi connectivity index (χ0v) is 17.2. The third-order valence-electron chi connectivity index (χ3n) is 4.79. The number of imide groups is 1. The Morgan fingerprint density at radius 2 is 1.59 bits per heavy atom. The maximum atomic E-state index is 13.5. The van der Waals surface area contributed by atoms with Crippen LogP contribution in [0.25, 0.3) is 16.3 Å². The lowest BCUT2D eigenvalue weighted by Crippen LogP contribution is -2.31. The zero-order chi connectivity index (χ0) is 20.4. The van der Waals surface area contributed by atoms with Crippen molar-refractivity contribution < 1.29 is 14.3 Å². The summed E-state index contributed by atoms with van der Waals surface area (Å²) >= 11 is 1.41. The van der Waals surface area contributed by atoms with Gasteiger partial charge in [-0.1, -0.05) is 55.5 Å². The third kappa shape index (κ3) is 3.42. The summed E-state index contributed by atoms with van der Waals surface area (Å²) in [6.45, 7) is 4.48. The monoisotopic (exact) mass is 403 g/mol. The molecule has 0 atom stereocenters. The summed E-state index contributed by atoms with van der Waals surface area (Å²) in [7, 11) is 0. The molecule has 0 saturated heterocycles. The van der Waals surface area contributed by atoms with Crippen LogP contribution < -0.4 is 9.64 Å². The Balaban J connectivity index is 1.81. The maximum Gasteiger partial charge on any atom is 0.272 e. The van der Waals surface area contributed by atoms with Crippen LogP contribution in [0.15, 0.2) is 71.6 Å². The van der Waals surface area contributed by atoms with E-state index in [4.69, 9.17) is 4.74 Å². The molecule has 0 unspecified atom stereocenters. The van der Waals surface area contributed by atoms with E-state index in [-0.39, 0.29) is 11.8 Å². The molecule has 0 aliphatic carbocycles. The average molecular weight is 404 g/mol. The van der Waals surface area contributed by atoms with E-state index in [9.17, 15) is 9.59 Å². The first kappa shape index (κ1) is 19.3. The van der Waals surface area contributed by atoms with E-state index in [2.05, 4.69) is 0 Å². The minimum atomic E-state index is -0.286. The van der Waals surface area contributed by atoms with E-state index >= 15 is 0 Å². The molecule has 2 amide bonds. The highest BCUT2D eigenvalue weighted by Gasteiger charge is 2.40. The predicted molar refractivity (Wildman–Crippen MR) is 119 cm³/mol. The summed E-state index contributed by atoms with van der Waals surface area (Å²) in [6, 6.07) is 20.8. The zero-order valence-electron chi connectivity index (χ0n) is 16.3.